The summed E-state index contributed by atoms with van der Waals surface area (Å²) in [6.45, 7) is 8.53. The summed E-state index contributed by atoms with van der Waals surface area (Å²) >= 11 is 0. The summed E-state index contributed by atoms with van der Waals surface area (Å²) in [5, 5.41) is 22.6. The van der Waals surface area contributed by atoms with E-state index in [4.69, 9.17) is 20.3 Å². The van der Waals surface area contributed by atoms with Crippen molar-refractivity contribution >= 4 is 5.78 Å². The molecule has 9 nitrogen and oxygen atoms in total. The van der Waals surface area contributed by atoms with E-state index in [0.29, 0.717) is 17.9 Å². The SMILES string of the molecule is N[C@H]1CCC[C@@H]1O.O=C1CCN(C2CCC(COCC3CC3)CC2)CC1.O[C@H]1CCC[C@@H]1NC1CCN(C2CCC(COCC3CC3)CC2)CC1. The molecule has 2 heterocycles. The number of aliphatic hydroxyl groups is 2. The third-order valence-corrected chi connectivity index (χ3v) is 13.8. The fourth-order valence-corrected chi connectivity index (χ4v) is 9.70. The maximum atomic E-state index is 11.3. The van der Waals surface area contributed by atoms with Crippen LogP contribution in [0.25, 0.3) is 0 Å². The normalized spacial score (nSPS) is 37.0. The summed E-state index contributed by atoms with van der Waals surface area (Å²) in [5.41, 5.74) is 5.43. The third-order valence-electron chi connectivity index (χ3n) is 13.8. The van der Waals surface area contributed by atoms with Crippen molar-refractivity contribution in [3.63, 3.8) is 0 Å². The first kappa shape index (κ1) is 40.0. The summed E-state index contributed by atoms with van der Waals surface area (Å²) in [6.07, 6.45) is 26.4. The molecule has 6 saturated carbocycles. The molecule has 0 spiro atoms. The molecule has 8 fully saturated rings. The number of carbonyl (C=O) groups is 1. The van der Waals surface area contributed by atoms with E-state index >= 15 is 0 Å². The van der Waals surface area contributed by atoms with Crippen molar-refractivity contribution in [2.45, 2.75) is 184 Å². The highest BCUT2D eigenvalue weighted by Crippen LogP contribution is 2.33. The summed E-state index contributed by atoms with van der Waals surface area (Å²) in [7, 11) is 0. The van der Waals surface area contributed by atoms with Gasteiger partial charge in [0.1, 0.15) is 5.78 Å². The van der Waals surface area contributed by atoms with Crippen molar-refractivity contribution < 1.29 is 24.5 Å². The number of carbonyl (C=O) groups excluding carboxylic acids is 1. The van der Waals surface area contributed by atoms with Crippen molar-refractivity contribution in [3.8, 4) is 0 Å². The minimum absolute atomic E-state index is 0.0694. The second-order valence-electron chi connectivity index (χ2n) is 18.1. The Morgan fingerprint density at radius 2 is 0.980 bits per heavy atom. The molecule has 0 amide bonds. The van der Waals surface area contributed by atoms with Gasteiger partial charge in [-0.2, -0.15) is 0 Å². The highest BCUT2D eigenvalue weighted by atomic mass is 16.5. The largest absolute Gasteiger partial charge is 0.392 e. The smallest absolute Gasteiger partial charge is 0.135 e. The number of piperidine rings is 2. The van der Waals surface area contributed by atoms with E-state index in [1.54, 1.807) is 0 Å². The Bertz CT molecular complexity index is 970. The van der Waals surface area contributed by atoms with E-state index in [1.165, 1.54) is 109 Å². The van der Waals surface area contributed by atoms with Crippen LogP contribution in [0.5, 0.6) is 0 Å². The van der Waals surface area contributed by atoms with E-state index in [-0.39, 0.29) is 18.2 Å². The van der Waals surface area contributed by atoms with Crippen LogP contribution in [0.4, 0.5) is 0 Å². The van der Waals surface area contributed by atoms with Crippen molar-refractivity contribution in [1.29, 1.82) is 0 Å². The van der Waals surface area contributed by atoms with Crippen molar-refractivity contribution in [3.05, 3.63) is 0 Å². The molecule has 5 N–H and O–H groups in total. The number of ether oxygens (including phenoxy) is 2. The number of Topliss-reactive ketones (excluding diaryl/α,β-unsaturated/α-hetero) is 1. The molecule has 2 saturated heterocycles. The lowest BCUT2D eigenvalue weighted by molar-refractivity contribution is -0.122. The van der Waals surface area contributed by atoms with Crippen molar-refractivity contribution in [1.82, 2.24) is 15.1 Å². The Balaban J connectivity index is 0.000000151. The number of nitrogens with zero attached hydrogens (tertiary/aromatic N) is 2. The monoisotopic (exact) mass is 717 g/mol. The molecule has 0 radical (unpaired) electrons. The molecule has 294 valence electrons. The van der Waals surface area contributed by atoms with Gasteiger partial charge in [0, 0.05) is 82.6 Å². The predicted octanol–water partition coefficient (Wildman–Crippen LogP) is 5.43. The van der Waals surface area contributed by atoms with E-state index < -0.39 is 0 Å². The lowest BCUT2D eigenvalue weighted by Crippen LogP contribution is -2.51. The van der Waals surface area contributed by atoms with Crippen LogP contribution in [-0.2, 0) is 14.3 Å². The van der Waals surface area contributed by atoms with Crippen LogP contribution in [0, 0.1) is 23.7 Å². The number of nitrogens with two attached hydrogens (primary N) is 1. The molecule has 2 aliphatic heterocycles. The number of ketones is 1. The maximum Gasteiger partial charge on any atom is 0.135 e. The van der Waals surface area contributed by atoms with Gasteiger partial charge < -0.3 is 35.6 Å². The first-order chi connectivity index (χ1) is 24.9. The van der Waals surface area contributed by atoms with E-state index in [2.05, 4.69) is 15.1 Å². The van der Waals surface area contributed by atoms with Crippen molar-refractivity contribution in [2.75, 3.05) is 52.6 Å². The van der Waals surface area contributed by atoms with Gasteiger partial charge in [-0.1, -0.05) is 0 Å². The van der Waals surface area contributed by atoms with Gasteiger partial charge in [0.15, 0.2) is 0 Å². The molecule has 4 atom stereocenters. The number of rotatable bonds is 12. The predicted molar refractivity (Wildman–Crippen MR) is 204 cm³/mol. The highest BCUT2D eigenvalue weighted by Gasteiger charge is 2.33. The minimum Gasteiger partial charge on any atom is -0.392 e. The molecular formula is C42H76N4O5. The average molecular weight is 717 g/mol. The molecule has 0 aromatic rings. The molecule has 8 rings (SSSR count). The lowest BCUT2D eigenvalue weighted by atomic mass is 9.85. The maximum absolute atomic E-state index is 11.3. The zero-order valence-electron chi connectivity index (χ0n) is 32.2. The number of hydrogen-bond donors (Lipinski definition) is 4. The number of hydrogen-bond acceptors (Lipinski definition) is 9. The van der Waals surface area contributed by atoms with Gasteiger partial charge in [0.05, 0.1) is 12.2 Å². The highest BCUT2D eigenvalue weighted by molar-refractivity contribution is 5.79. The molecule has 0 unspecified atom stereocenters. The van der Waals surface area contributed by atoms with Gasteiger partial charge in [-0.05, 0) is 165 Å². The Morgan fingerprint density at radius 1 is 0.549 bits per heavy atom. The first-order valence-corrected chi connectivity index (χ1v) is 21.9. The quantitative estimate of drug-likeness (QED) is 0.210. The van der Waals surface area contributed by atoms with E-state index in [9.17, 15) is 9.90 Å². The van der Waals surface area contributed by atoms with Crippen LogP contribution in [-0.4, -0.2) is 121 Å². The summed E-state index contributed by atoms with van der Waals surface area (Å²) in [6, 6.07) is 2.62. The fraction of sp³-hybridized carbons (Fsp3) is 0.976. The summed E-state index contributed by atoms with van der Waals surface area (Å²) in [4.78, 5) is 16.6. The Hall–Kier alpha value is -0.650. The molecule has 9 heteroatoms. The van der Waals surface area contributed by atoms with Crippen LogP contribution in [0.15, 0.2) is 0 Å². The van der Waals surface area contributed by atoms with Gasteiger partial charge in [-0.3, -0.25) is 9.69 Å². The lowest BCUT2D eigenvalue weighted by Gasteiger charge is -2.41. The third kappa shape index (κ3) is 13.9. The topological polar surface area (TPSA) is 121 Å². The van der Waals surface area contributed by atoms with E-state index in [1.807, 2.05) is 0 Å². The van der Waals surface area contributed by atoms with Gasteiger partial charge in [-0.25, -0.2) is 0 Å². The number of aliphatic hydroxyl groups excluding tert-OH is 2. The second-order valence-corrected chi connectivity index (χ2v) is 18.1. The standard InChI is InChI=1S/C21H38N2O2.C16H27NO2.C5H11NO/c24-21-3-1-2-20(21)22-18-10-12-23(13-11-18)19-8-6-17(7-9-19)15-25-14-16-4-5-16;18-16-7-9-17(10-8-16)15-5-3-14(4-6-15)12-19-11-13-1-2-13;6-4-2-1-3-5(4)7/h16-22,24H,1-15H2;13-15H,1-12H2;4-5,7H,1-3,6H2/t17?,19?,20-,21-;;4-,5-/m0.0/s1. The van der Waals surface area contributed by atoms with Gasteiger partial charge in [0.25, 0.3) is 0 Å². The molecule has 51 heavy (non-hydrogen) atoms. The van der Waals surface area contributed by atoms with Gasteiger partial charge in [-0.15, -0.1) is 0 Å². The second kappa shape index (κ2) is 20.9. The molecular weight excluding hydrogens is 640 g/mol. The van der Waals surface area contributed by atoms with Crippen LogP contribution in [0.1, 0.15) is 141 Å². The van der Waals surface area contributed by atoms with Gasteiger partial charge in [0.2, 0.25) is 0 Å². The molecule has 8 aliphatic rings. The van der Waals surface area contributed by atoms with Gasteiger partial charge >= 0.3 is 0 Å². The van der Waals surface area contributed by atoms with Crippen LogP contribution < -0.4 is 11.1 Å². The Morgan fingerprint density at radius 3 is 1.35 bits per heavy atom. The van der Waals surface area contributed by atoms with Crippen LogP contribution in [0.3, 0.4) is 0 Å². The van der Waals surface area contributed by atoms with Crippen LogP contribution >= 0.6 is 0 Å². The van der Waals surface area contributed by atoms with Crippen molar-refractivity contribution in [2.24, 2.45) is 29.4 Å². The Kier molecular flexibility index (Phi) is 16.4. The molecule has 6 aliphatic carbocycles. The molecule has 0 bridgehead atoms. The molecule has 0 aromatic heterocycles. The summed E-state index contributed by atoms with van der Waals surface area (Å²) in [5.74, 6) is 3.86. The number of likely N-dealkylation sites (tertiary alicyclic amines) is 2. The number of nitrogens with one attached hydrogen (secondary N) is 1. The first-order valence-electron chi connectivity index (χ1n) is 21.9. The Labute approximate surface area is 310 Å². The minimum atomic E-state index is -0.208. The van der Waals surface area contributed by atoms with Crippen LogP contribution in [0.2, 0.25) is 0 Å². The molecule has 0 aromatic carbocycles. The zero-order valence-corrected chi connectivity index (χ0v) is 32.2. The average Bonchev–Trinajstić information content (AvgIpc) is 4.09. The van der Waals surface area contributed by atoms with E-state index in [0.717, 1.165) is 120 Å². The fourth-order valence-electron chi connectivity index (χ4n) is 9.70. The zero-order chi connectivity index (χ0) is 35.4. The summed E-state index contributed by atoms with van der Waals surface area (Å²) < 4.78 is 11.8.